The van der Waals surface area contributed by atoms with E-state index in [-0.39, 0.29) is 21.7 Å². The summed E-state index contributed by atoms with van der Waals surface area (Å²) in [5.74, 6) is 0.655. The van der Waals surface area contributed by atoms with E-state index in [1.165, 1.54) is 6.42 Å². The molecule has 2 rings (SSSR count). The Kier molecular flexibility index (Phi) is 4.40. The van der Waals surface area contributed by atoms with Crippen LogP contribution in [0.5, 0.6) is 0 Å². The highest BCUT2D eigenvalue weighted by Gasteiger charge is 2.29. The molecule has 1 aromatic carbocycles. The summed E-state index contributed by atoms with van der Waals surface area (Å²) in [6.07, 6.45) is 3.31. The predicted octanol–water partition coefficient (Wildman–Crippen LogP) is 3.83. The van der Waals surface area contributed by atoms with Gasteiger partial charge < -0.3 is 10.6 Å². The second-order valence-corrected chi connectivity index (χ2v) is 6.95. The number of anilines is 2. The van der Waals surface area contributed by atoms with Gasteiger partial charge in [-0.05, 0) is 42.7 Å². The zero-order valence-corrected chi connectivity index (χ0v) is 13.1. The molecule has 0 aromatic heterocycles. The number of nitrogen functional groups attached to an aromatic ring is 1. The topological polar surface area (TPSA) is 72.4 Å². The van der Waals surface area contributed by atoms with Crippen molar-refractivity contribution in [1.82, 2.24) is 0 Å². The number of hydrogen-bond acceptors (Lipinski definition) is 4. The molecule has 1 atom stereocenters. The molecule has 1 unspecified atom stereocenters. The summed E-state index contributed by atoms with van der Waals surface area (Å²) < 4.78 is 0. The van der Waals surface area contributed by atoms with Crippen LogP contribution in [0.25, 0.3) is 0 Å². The molecule has 21 heavy (non-hydrogen) atoms. The van der Waals surface area contributed by atoms with E-state index in [1.807, 2.05) is 6.07 Å². The Morgan fingerprint density at radius 1 is 1.29 bits per heavy atom. The molecular weight excluding hydrogens is 266 g/mol. The number of nitrogens with two attached hydrogens (primary N) is 1. The van der Waals surface area contributed by atoms with Gasteiger partial charge in [0.05, 0.1) is 4.92 Å². The average Bonchev–Trinajstić information content (AvgIpc) is 2.63. The number of benzene rings is 1. The van der Waals surface area contributed by atoms with Crippen molar-refractivity contribution in [2.75, 3.05) is 23.7 Å². The summed E-state index contributed by atoms with van der Waals surface area (Å²) in [5, 5.41) is 11.3. The molecule has 5 nitrogen and oxygen atoms in total. The van der Waals surface area contributed by atoms with Crippen molar-refractivity contribution in [3.05, 3.63) is 28.3 Å². The average molecular weight is 291 g/mol. The van der Waals surface area contributed by atoms with Crippen LogP contribution in [-0.2, 0) is 0 Å². The van der Waals surface area contributed by atoms with Crippen molar-refractivity contribution in [2.45, 2.75) is 40.0 Å². The minimum absolute atomic E-state index is 0.0479. The van der Waals surface area contributed by atoms with Crippen LogP contribution >= 0.6 is 0 Å². The number of para-hydroxylation sites is 1. The van der Waals surface area contributed by atoms with Gasteiger partial charge in [0.2, 0.25) is 0 Å². The van der Waals surface area contributed by atoms with Gasteiger partial charge in [0.25, 0.3) is 0 Å². The van der Waals surface area contributed by atoms with Crippen LogP contribution < -0.4 is 10.6 Å². The molecular formula is C16H25N3O2. The van der Waals surface area contributed by atoms with Crippen LogP contribution in [0, 0.1) is 21.4 Å². The molecule has 1 aliphatic heterocycles. The third kappa shape index (κ3) is 3.46. The van der Waals surface area contributed by atoms with Crippen molar-refractivity contribution in [1.29, 1.82) is 0 Å². The Morgan fingerprint density at radius 3 is 2.62 bits per heavy atom. The summed E-state index contributed by atoms with van der Waals surface area (Å²) in [7, 11) is 0. The number of nitro groups is 1. The van der Waals surface area contributed by atoms with E-state index in [9.17, 15) is 10.1 Å². The summed E-state index contributed by atoms with van der Waals surface area (Å²) in [5.41, 5.74) is 7.04. The Hall–Kier alpha value is -1.78. The molecule has 0 amide bonds. The van der Waals surface area contributed by atoms with E-state index in [1.54, 1.807) is 12.1 Å². The van der Waals surface area contributed by atoms with Crippen molar-refractivity contribution in [2.24, 2.45) is 11.3 Å². The standard InChI is InChI=1S/C16H25N3O2/c1-16(2,3)12-6-5-10-18(11-9-12)14-8-4-7-13(17)15(14)19(20)21/h4,7-8,12H,5-6,9-11,17H2,1-3H3. The van der Waals surface area contributed by atoms with E-state index in [4.69, 9.17) is 5.73 Å². The van der Waals surface area contributed by atoms with Gasteiger partial charge >= 0.3 is 5.69 Å². The molecule has 1 aromatic rings. The maximum Gasteiger partial charge on any atom is 0.315 e. The summed E-state index contributed by atoms with van der Waals surface area (Å²) in [4.78, 5) is 13.1. The van der Waals surface area contributed by atoms with Gasteiger partial charge in [-0.3, -0.25) is 10.1 Å². The van der Waals surface area contributed by atoms with Crippen LogP contribution in [0.2, 0.25) is 0 Å². The lowest BCUT2D eigenvalue weighted by molar-refractivity contribution is -0.383. The van der Waals surface area contributed by atoms with Gasteiger partial charge in [-0.15, -0.1) is 0 Å². The molecule has 2 N–H and O–H groups in total. The van der Waals surface area contributed by atoms with Crippen molar-refractivity contribution in [3.63, 3.8) is 0 Å². The first-order valence-corrected chi connectivity index (χ1v) is 7.58. The van der Waals surface area contributed by atoms with Gasteiger partial charge in [-0.25, -0.2) is 0 Å². The zero-order valence-electron chi connectivity index (χ0n) is 13.1. The second kappa shape index (κ2) is 5.92. The lowest BCUT2D eigenvalue weighted by atomic mass is 9.77. The predicted molar refractivity (Wildman–Crippen MR) is 86.5 cm³/mol. The SMILES string of the molecule is CC(C)(C)C1CCCN(c2cccc(N)c2[N+](=O)[O-])CC1. The lowest BCUT2D eigenvalue weighted by Gasteiger charge is -2.30. The third-order valence-corrected chi connectivity index (χ3v) is 4.52. The molecule has 0 radical (unpaired) electrons. The van der Waals surface area contributed by atoms with Gasteiger partial charge in [-0.2, -0.15) is 0 Å². The number of rotatable bonds is 2. The highest BCUT2D eigenvalue weighted by atomic mass is 16.6. The molecule has 1 aliphatic rings. The van der Waals surface area contributed by atoms with Crippen molar-refractivity contribution in [3.8, 4) is 0 Å². The molecule has 1 heterocycles. The number of hydrogen-bond donors (Lipinski definition) is 1. The highest BCUT2D eigenvalue weighted by Crippen LogP contribution is 2.38. The van der Waals surface area contributed by atoms with E-state index in [0.717, 1.165) is 25.9 Å². The maximum atomic E-state index is 11.3. The molecule has 0 saturated carbocycles. The first-order valence-electron chi connectivity index (χ1n) is 7.58. The molecule has 0 aliphatic carbocycles. The van der Waals surface area contributed by atoms with E-state index >= 15 is 0 Å². The molecule has 0 bridgehead atoms. The second-order valence-electron chi connectivity index (χ2n) is 6.95. The van der Waals surface area contributed by atoms with Crippen LogP contribution in [0.1, 0.15) is 40.0 Å². The molecule has 116 valence electrons. The van der Waals surface area contributed by atoms with Gasteiger partial charge in [0.1, 0.15) is 11.4 Å². The van der Waals surface area contributed by atoms with Gasteiger partial charge in [0.15, 0.2) is 0 Å². The van der Waals surface area contributed by atoms with Gasteiger partial charge in [-0.1, -0.05) is 26.8 Å². The normalized spacial score (nSPS) is 20.1. The minimum Gasteiger partial charge on any atom is -0.393 e. The lowest BCUT2D eigenvalue weighted by Crippen LogP contribution is -2.26. The van der Waals surface area contributed by atoms with E-state index in [0.29, 0.717) is 11.6 Å². The Labute approximate surface area is 126 Å². The first-order chi connectivity index (χ1) is 9.80. The first kappa shape index (κ1) is 15.6. The third-order valence-electron chi connectivity index (χ3n) is 4.52. The fourth-order valence-electron chi connectivity index (χ4n) is 3.21. The van der Waals surface area contributed by atoms with Crippen molar-refractivity contribution >= 4 is 17.1 Å². The zero-order chi connectivity index (χ0) is 15.6. The summed E-state index contributed by atoms with van der Waals surface area (Å²) in [6.45, 7) is 8.53. The fraction of sp³-hybridized carbons (Fsp3) is 0.625. The maximum absolute atomic E-state index is 11.3. The quantitative estimate of drug-likeness (QED) is 0.510. The number of nitro benzene ring substituents is 1. The molecule has 1 fully saturated rings. The fourth-order valence-corrected chi connectivity index (χ4v) is 3.21. The Bertz CT molecular complexity index is 523. The monoisotopic (exact) mass is 291 g/mol. The van der Waals surface area contributed by atoms with Crippen LogP contribution in [0.3, 0.4) is 0 Å². The minimum atomic E-state index is -0.364. The van der Waals surface area contributed by atoms with E-state index in [2.05, 4.69) is 25.7 Å². The van der Waals surface area contributed by atoms with Gasteiger partial charge in [0, 0.05) is 13.1 Å². The molecule has 0 spiro atoms. The summed E-state index contributed by atoms with van der Waals surface area (Å²) in [6, 6.07) is 5.20. The van der Waals surface area contributed by atoms with Crippen LogP contribution in [0.4, 0.5) is 17.1 Å². The smallest absolute Gasteiger partial charge is 0.315 e. The van der Waals surface area contributed by atoms with E-state index < -0.39 is 0 Å². The number of nitrogens with zero attached hydrogens (tertiary/aromatic N) is 2. The molecule has 1 saturated heterocycles. The Balaban J connectivity index is 2.24. The highest BCUT2D eigenvalue weighted by molar-refractivity contribution is 5.75. The Morgan fingerprint density at radius 2 is 2.00 bits per heavy atom. The molecule has 5 heteroatoms. The van der Waals surface area contributed by atoms with Crippen LogP contribution in [0.15, 0.2) is 18.2 Å². The van der Waals surface area contributed by atoms with Crippen LogP contribution in [-0.4, -0.2) is 18.0 Å². The van der Waals surface area contributed by atoms with Crippen molar-refractivity contribution < 1.29 is 4.92 Å². The summed E-state index contributed by atoms with van der Waals surface area (Å²) >= 11 is 0. The largest absolute Gasteiger partial charge is 0.393 e.